The van der Waals surface area contributed by atoms with Gasteiger partial charge in [0.05, 0.1) is 0 Å². The Hall–Kier alpha value is -0.740. The molecule has 2 N–H and O–H groups in total. The van der Waals surface area contributed by atoms with Crippen molar-refractivity contribution in [3.63, 3.8) is 0 Å². The van der Waals surface area contributed by atoms with E-state index in [1.807, 2.05) is 23.9 Å². The third-order valence-corrected chi connectivity index (χ3v) is 3.55. The average Bonchev–Trinajstić information content (AvgIpc) is 2.19. The maximum atomic E-state index is 5.61. The Bertz CT molecular complexity index is 300. The van der Waals surface area contributed by atoms with E-state index in [4.69, 9.17) is 10.5 Å². The Morgan fingerprint density at radius 2 is 2.21 bits per heavy atom. The van der Waals surface area contributed by atoms with Gasteiger partial charge in [0.15, 0.2) is 0 Å². The summed E-state index contributed by atoms with van der Waals surface area (Å²) in [6, 6.07) is 3.94. The number of thioether (sulfide) groups is 1. The standard InChI is InChI=1S/C10H14N2OS/c11-10-7-9(1-4-12-10)14-8-2-5-13-6-3-8/h1,4,7-8H,2-3,5-6H2,(H2,11,12). The molecule has 0 unspecified atom stereocenters. The quantitative estimate of drug-likeness (QED) is 0.810. The summed E-state index contributed by atoms with van der Waals surface area (Å²) in [6.45, 7) is 1.77. The lowest BCUT2D eigenvalue weighted by atomic mass is 10.2. The summed E-state index contributed by atoms with van der Waals surface area (Å²) in [6.07, 6.45) is 4.02. The van der Waals surface area contributed by atoms with Crippen LogP contribution in [0.15, 0.2) is 23.2 Å². The molecule has 2 heterocycles. The molecule has 1 fully saturated rings. The van der Waals surface area contributed by atoms with Crippen LogP contribution in [0.25, 0.3) is 0 Å². The van der Waals surface area contributed by atoms with Gasteiger partial charge in [-0.05, 0) is 25.0 Å². The summed E-state index contributed by atoms with van der Waals surface area (Å²) < 4.78 is 5.31. The molecule has 1 aliphatic heterocycles. The molecule has 3 nitrogen and oxygen atoms in total. The van der Waals surface area contributed by atoms with E-state index in [2.05, 4.69) is 4.98 Å². The molecule has 0 amide bonds. The lowest BCUT2D eigenvalue weighted by molar-refractivity contribution is 0.100. The maximum absolute atomic E-state index is 5.61. The van der Waals surface area contributed by atoms with Crippen LogP contribution in [0.4, 0.5) is 5.82 Å². The molecule has 2 rings (SSSR count). The number of hydrogen-bond donors (Lipinski definition) is 1. The van der Waals surface area contributed by atoms with Gasteiger partial charge in [0.2, 0.25) is 0 Å². The van der Waals surface area contributed by atoms with Gasteiger partial charge in [-0.3, -0.25) is 0 Å². The van der Waals surface area contributed by atoms with Crippen LogP contribution >= 0.6 is 11.8 Å². The highest BCUT2D eigenvalue weighted by Crippen LogP contribution is 2.29. The Kier molecular flexibility index (Phi) is 3.26. The minimum Gasteiger partial charge on any atom is -0.384 e. The summed E-state index contributed by atoms with van der Waals surface area (Å²) >= 11 is 1.88. The second-order valence-electron chi connectivity index (χ2n) is 3.35. The largest absolute Gasteiger partial charge is 0.384 e. The zero-order chi connectivity index (χ0) is 9.80. The number of hydrogen-bond acceptors (Lipinski definition) is 4. The number of nitrogen functional groups attached to an aromatic ring is 1. The number of anilines is 1. The fraction of sp³-hybridized carbons (Fsp3) is 0.500. The van der Waals surface area contributed by atoms with Gasteiger partial charge in [0.25, 0.3) is 0 Å². The highest BCUT2D eigenvalue weighted by molar-refractivity contribution is 8.00. The Labute approximate surface area is 88.0 Å². The molecule has 4 heteroatoms. The molecule has 0 saturated carbocycles. The second-order valence-corrected chi connectivity index (χ2v) is 4.72. The molecule has 0 bridgehead atoms. The molecule has 1 aromatic heterocycles. The minimum absolute atomic E-state index is 0.599. The average molecular weight is 210 g/mol. The molecule has 1 aliphatic rings. The van der Waals surface area contributed by atoms with E-state index in [0.717, 1.165) is 26.1 Å². The monoisotopic (exact) mass is 210 g/mol. The lowest BCUT2D eigenvalue weighted by Crippen LogP contribution is -2.17. The van der Waals surface area contributed by atoms with Gasteiger partial charge in [-0.2, -0.15) is 0 Å². The van der Waals surface area contributed by atoms with E-state index < -0.39 is 0 Å². The minimum atomic E-state index is 0.599. The number of pyridine rings is 1. The molecule has 0 radical (unpaired) electrons. The first-order valence-corrected chi connectivity index (χ1v) is 5.68. The second kappa shape index (κ2) is 4.66. The fourth-order valence-electron chi connectivity index (χ4n) is 1.49. The van der Waals surface area contributed by atoms with Crippen molar-refractivity contribution in [2.45, 2.75) is 23.0 Å². The van der Waals surface area contributed by atoms with E-state index in [9.17, 15) is 0 Å². The number of nitrogens with two attached hydrogens (primary N) is 1. The van der Waals surface area contributed by atoms with Crippen molar-refractivity contribution in [1.29, 1.82) is 0 Å². The molecule has 76 valence electrons. The van der Waals surface area contributed by atoms with Crippen molar-refractivity contribution < 1.29 is 4.74 Å². The van der Waals surface area contributed by atoms with E-state index >= 15 is 0 Å². The van der Waals surface area contributed by atoms with Crippen molar-refractivity contribution in [2.24, 2.45) is 0 Å². The highest BCUT2D eigenvalue weighted by atomic mass is 32.2. The normalized spacial score (nSPS) is 18.3. The first kappa shape index (κ1) is 9.80. The molecular formula is C10H14N2OS. The van der Waals surface area contributed by atoms with Crippen molar-refractivity contribution in [1.82, 2.24) is 4.98 Å². The molecule has 0 atom stereocenters. The van der Waals surface area contributed by atoms with Gasteiger partial charge in [0.1, 0.15) is 5.82 Å². The first-order valence-electron chi connectivity index (χ1n) is 4.80. The maximum Gasteiger partial charge on any atom is 0.124 e. The number of rotatable bonds is 2. The zero-order valence-corrected chi connectivity index (χ0v) is 8.80. The van der Waals surface area contributed by atoms with E-state index in [0.29, 0.717) is 11.1 Å². The summed E-state index contributed by atoms with van der Waals surface area (Å²) in [4.78, 5) is 5.19. The lowest BCUT2D eigenvalue weighted by Gasteiger charge is -2.21. The van der Waals surface area contributed by atoms with Crippen molar-refractivity contribution >= 4 is 17.6 Å². The van der Waals surface area contributed by atoms with Crippen LogP contribution in [0.3, 0.4) is 0 Å². The summed E-state index contributed by atoms with van der Waals surface area (Å²) in [5, 5.41) is 0.672. The Morgan fingerprint density at radius 1 is 1.43 bits per heavy atom. The van der Waals surface area contributed by atoms with Crippen LogP contribution in [-0.4, -0.2) is 23.4 Å². The summed E-state index contributed by atoms with van der Waals surface area (Å²) in [7, 11) is 0. The van der Waals surface area contributed by atoms with Crippen LogP contribution in [-0.2, 0) is 4.74 Å². The van der Waals surface area contributed by atoms with Crippen LogP contribution < -0.4 is 5.73 Å². The number of aromatic nitrogens is 1. The van der Waals surface area contributed by atoms with Crippen molar-refractivity contribution in [3.8, 4) is 0 Å². The molecule has 1 saturated heterocycles. The van der Waals surface area contributed by atoms with Gasteiger partial charge in [-0.1, -0.05) is 0 Å². The van der Waals surface area contributed by atoms with E-state index in [1.54, 1.807) is 6.20 Å². The van der Waals surface area contributed by atoms with Crippen molar-refractivity contribution in [3.05, 3.63) is 18.3 Å². The third-order valence-electron chi connectivity index (χ3n) is 2.22. The SMILES string of the molecule is Nc1cc(SC2CCOCC2)ccn1. The van der Waals surface area contributed by atoms with Gasteiger partial charge < -0.3 is 10.5 Å². The van der Waals surface area contributed by atoms with Gasteiger partial charge in [0, 0.05) is 29.6 Å². The molecule has 0 aliphatic carbocycles. The zero-order valence-electron chi connectivity index (χ0n) is 7.98. The van der Waals surface area contributed by atoms with Crippen LogP contribution in [0.2, 0.25) is 0 Å². The number of ether oxygens (including phenoxy) is 1. The smallest absolute Gasteiger partial charge is 0.124 e. The summed E-state index contributed by atoms with van der Waals surface area (Å²) in [5.41, 5.74) is 5.61. The van der Waals surface area contributed by atoms with E-state index in [1.165, 1.54) is 4.90 Å². The molecule has 14 heavy (non-hydrogen) atoms. The Morgan fingerprint density at radius 3 is 2.93 bits per heavy atom. The van der Waals surface area contributed by atoms with E-state index in [-0.39, 0.29) is 0 Å². The van der Waals surface area contributed by atoms with Crippen LogP contribution in [0.5, 0.6) is 0 Å². The molecule has 0 aromatic carbocycles. The van der Waals surface area contributed by atoms with Gasteiger partial charge >= 0.3 is 0 Å². The topological polar surface area (TPSA) is 48.1 Å². The van der Waals surface area contributed by atoms with Gasteiger partial charge in [-0.15, -0.1) is 11.8 Å². The first-order chi connectivity index (χ1) is 6.84. The van der Waals surface area contributed by atoms with Crippen molar-refractivity contribution in [2.75, 3.05) is 18.9 Å². The highest BCUT2D eigenvalue weighted by Gasteiger charge is 2.14. The molecular weight excluding hydrogens is 196 g/mol. The number of nitrogens with zero attached hydrogens (tertiary/aromatic N) is 1. The van der Waals surface area contributed by atoms with Crippen LogP contribution in [0, 0.1) is 0 Å². The fourth-order valence-corrected chi connectivity index (χ4v) is 2.63. The Balaban J connectivity index is 1.95. The summed E-state index contributed by atoms with van der Waals surface area (Å²) in [5.74, 6) is 0.599. The predicted octanol–water partition coefficient (Wildman–Crippen LogP) is 1.93. The molecule has 0 spiro atoms. The molecule has 1 aromatic rings. The predicted molar refractivity (Wildman–Crippen MR) is 58.3 cm³/mol. The van der Waals surface area contributed by atoms with Gasteiger partial charge in [-0.25, -0.2) is 4.98 Å². The van der Waals surface area contributed by atoms with Crippen LogP contribution in [0.1, 0.15) is 12.8 Å². The third kappa shape index (κ3) is 2.62.